The number of rotatable bonds is 8. The van der Waals surface area contributed by atoms with Crippen molar-refractivity contribution in [3.8, 4) is 0 Å². The van der Waals surface area contributed by atoms with Crippen LogP contribution in [0.15, 0.2) is 58.2 Å². The highest BCUT2D eigenvalue weighted by Gasteiger charge is 2.35. The van der Waals surface area contributed by atoms with Crippen LogP contribution in [0.25, 0.3) is 0 Å². The molecule has 2 N–H and O–H groups in total. The van der Waals surface area contributed by atoms with Crippen molar-refractivity contribution in [2.75, 3.05) is 32.8 Å². The van der Waals surface area contributed by atoms with Gasteiger partial charge in [-0.2, -0.15) is 0 Å². The summed E-state index contributed by atoms with van der Waals surface area (Å²) in [6.45, 7) is 3.52. The summed E-state index contributed by atoms with van der Waals surface area (Å²) < 4.78 is 24.8. The number of nitrogens with one attached hydrogen (secondary N) is 1. The largest absolute Gasteiger partial charge is 0.478 e. The average Bonchev–Trinajstić information content (AvgIpc) is 3.38. The Morgan fingerprint density at radius 2 is 2.28 bits per heavy atom. The Kier molecular flexibility index (Phi) is 8.47. The van der Waals surface area contributed by atoms with Gasteiger partial charge >= 0.3 is 11.9 Å². The highest BCUT2D eigenvalue weighted by molar-refractivity contribution is 7.11. The van der Waals surface area contributed by atoms with Crippen molar-refractivity contribution < 1.29 is 28.6 Å². The SMILES string of the molecule is CCOC(=O)C1=C(CN2CCOC(/C=C/C(=O)O)C2)NC(c2nccs2)=NC1c1ccc(F)cc1Cl. The van der Waals surface area contributed by atoms with Crippen LogP contribution in [-0.2, 0) is 19.1 Å². The normalized spacial score (nSPS) is 20.8. The van der Waals surface area contributed by atoms with Crippen molar-refractivity contribution in [3.05, 3.63) is 74.6 Å². The first-order valence-corrected chi connectivity index (χ1v) is 12.5. The zero-order valence-corrected chi connectivity index (χ0v) is 20.9. The zero-order valence-electron chi connectivity index (χ0n) is 19.3. The van der Waals surface area contributed by atoms with Gasteiger partial charge in [-0.3, -0.25) is 9.89 Å². The number of esters is 1. The molecule has 1 saturated heterocycles. The molecular formula is C24H24ClFN4O5S. The van der Waals surface area contributed by atoms with Crippen molar-refractivity contribution in [2.45, 2.75) is 19.1 Å². The van der Waals surface area contributed by atoms with Crippen LogP contribution < -0.4 is 5.32 Å². The Bertz CT molecular complexity index is 1220. The fraction of sp³-hybridized carbons (Fsp3) is 0.333. The lowest BCUT2D eigenvalue weighted by Crippen LogP contribution is -2.46. The molecule has 3 heterocycles. The number of carboxylic acid groups (broad SMARTS) is 1. The summed E-state index contributed by atoms with van der Waals surface area (Å²) in [7, 11) is 0. The zero-order chi connectivity index (χ0) is 25.7. The first-order chi connectivity index (χ1) is 17.4. The molecule has 4 rings (SSSR count). The molecule has 190 valence electrons. The fourth-order valence-corrected chi connectivity index (χ4v) is 4.83. The first-order valence-electron chi connectivity index (χ1n) is 11.2. The van der Waals surface area contributed by atoms with E-state index in [4.69, 9.17) is 31.2 Å². The van der Waals surface area contributed by atoms with E-state index in [2.05, 4.69) is 10.3 Å². The summed E-state index contributed by atoms with van der Waals surface area (Å²) in [4.78, 5) is 35.2. The number of nitrogens with zero attached hydrogens (tertiary/aromatic N) is 3. The average molecular weight is 535 g/mol. The molecule has 2 aromatic rings. The van der Waals surface area contributed by atoms with Gasteiger partial charge in [-0.1, -0.05) is 17.7 Å². The summed E-state index contributed by atoms with van der Waals surface area (Å²) in [6, 6.07) is 3.11. The number of hydrogen-bond acceptors (Lipinski definition) is 9. The molecule has 2 atom stereocenters. The Labute approximate surface area is 215 Å². The van der Waals surface area contributed by atoms with E-state index in [-0.39, 0.29) is 17.2 Å². The third kappa shape index (κ3) is 6.16. The van der Waals surface area contributed by atoms with Crippen molar-refractivity contribution >= 4 is 40.7 Å². The van der Waals surface area contributed by atoms with Crippen LogP contribution in [0, 0.1) is 5.82 Å². The van der Waals surface area contributed by atoms with Gasteiger partial charge in [0.2, 0.25) is 0 Å². The van der Waals surface area contributed by atoms with E-state index in [1.807, 2.05) is 10.3 Å². The molecule has 1 aromatic heterocycles. The van der Waals surface area contributed by atoms with Gasteiger partial charge in [-0.05, 0) is 25.1 Å². The molecule has 12 heteroatoms. The third-order valence-electron chi connectivity index (χ3n) is 5.53. The molecular weight excluding hydrogens is 511 g/mol. The van der Waals surface area contributed by atoms with Crippen LogP contribution in [-0.4, -0.2) is 71.7 Å². The van der Waals surface area contributed by atoms with Gasteiger partial charge in [-0.15, -0.1) is 11.3 Å². The number of halogens is 2. The van der Waals surface area contributed by atoms with Gasteiger partial charge in [0.05, 0.1) is 24.9 Å². The van der Waals surface area contributed by atoms with Crippen LogP contribution in [0.3, 0.4) is 0 Å². The van der Waals surface area contributed by atoms with Gasteiger partial charge in [0.15, 0.2) is 10.8 Å². The molecule has 36 heavy (non-hydrogen) atoms. The Balaban J connectivity index is 1.74. The maximum atomic E-state index is 13.8. The van der Waals surface area contributed by atoms with Gasteiger partial charge in [0.1, 0.15) is 11.9 Å². The molecule has 0 aliphatic carbocycles. The van der Waals surface area contributed by atoms with E-state index in [1.165, 1.54) is 35.6 Å². The second-order valence-electron chi connectivity index (χ2n) is 7.96. The van der Waals surface area contributed by atoms with Crippen LogP contribution in [0.4, 0.5) is 4.39 Å². The molecule has 0 radical (unpaired) electrons. The molecule has 0 spiro atoms. The summed E-state index contributed by atoms with van der Waals surface area (Å²) >= 11 is 7.78. The fourth-order valence-electron chi connectivity index (χ4n) is 3.97. The van der Waals surface area contributed by atoms with Gasteiger partial charge in [-0.25, -0.2) is 19.0 Å². The second kappa shape index (κ2) is 11.7. The molecule has 2 unspecified atom stereocenters. The van der Waals surface area contributed by atoms with E-state index in [0.29, 0.717) is 48.3 Å². The number of morpholine rings is 1. The van der Waals surface area contributed by atoms with Gasteiger partial charge < -0.3 is 19.9 Å². The van der Waals surface area contributed by atoms with E-state index in [1.54, 1.807) is 13.1 Å². The second-order valence-corrected chi connectivity index (χ2v) is 9.26. The minimum absolute atomic E-state index is 0.135. The van der Waals surface area contributed by atoms with Crippen molar-refractivity contribution in [2.24, 2.45) is 4.99 Å². The molecule has 9 nitrogen and oxygen atoms in total. The standard InChI is InChI=1S/C24H24ClFN4O5S/c1-2-34-24(33)20-18(13-30-8-9-35-15(12-30)4-6-19(31)32)28-22(23-27-7-10-36-23)29-21(20)16-5-3-14(26)11-17(16)25/h3-7,10-11,15,21H,2,8-9,12-13H2,1H3,(H,28,29)(H,31,32)/b6-4+. The lowest BCUT2D eigenvalue weighted by molar-refractivity contribution is -0.139. The van der Waals surface area contributed by atoms with E-state index in [0.717, 1.165) is 6.08 Å². The van der Waals surface area contributed by atoms with Crippen LogP contribution >= 0.6 is 22.9 Å². The smallest absolute Gasteiger partial charge is 0.338 e. The quantitative estimate of drug-likeness (QED) is 0.392. The Morgan fingerprint density at radius 1 is 1.44 bits per heavy atom. The topological polar surface area (TPSA) is 113 Å². The van der Waals surface area contributed by atoms with Crippen molar-refractivity contribution in [3.63, 3.8) is 0 Å². The highest BCUT2D eigenvalue weighted by Crippen LogP contribution is 2.37. The van der Waals surface area contributed by atoms with E-state index >= 15 is 0 Å². The number of carboxylic acids is 1. The number of benzene rings is 1. The number of aliphatic carboxylic acids is 1. The Morgan fingerprint density at radius 3 is 2.97 bits per heavy atom. The number of aromatic nitrogens is 1. The minimum atomic E-state index is -1.06. The van der Waals surface area contributed by atoms with Gasteiger partial charge in [0, 0.05) is 53.6 Å². The first kappa shape index (κ1) is 26.0. The maximum Gasteiger partial charge on any atom is 0.338 e. The number of ether oxygens (including phenoxy) is 2. The van der Waals surface area contributed by atoms with E-state index < -0.39 is 29.9 Å². The van der Waals surface area contributed by atoms with Crippen LogP contribution in [0.1, 0.15) is 23.5 Å². The minimum Gasteiger partial charge on any atom is -0.478 e. The molecule has 0 bridgehead atoms. The molecule has 2 aliphatic rings. The summed E-state index contributed by atoms with van der Waals surface area (Å²) in [5, 5.41) is 14.7. The lowest BCUT2D eigenvalue weighted by atomic mass is 9.95. The predicted molar refractivity (Wildman–Crippen MR) is 133 cm³/mol. The third-order valence-corrected chi connectivity index (χ3v) is 6.63. The summed E-state index contributed by atoms with van der Waals surface area (Å²) in [5.41, 5.74) is 1.26. The monoisotopic (exact) mass is 534 g/mol. The van der Waals surface area contributed by atoms with Crippen molar-refractivity contribution in [1.82, 2.24) is 15.2 Å². The number of carbonyl (C=O) groups excluding carboxylic acids is 1. The summed E-state index contributed by atoms with van der Waals surface area (Å²) in [6.07, 6.45) is 3.78. The lowest BCUT2D eigenvalue weighted by Gasteiger charge is -2.34. The molecule has 0 saturated carbocycles. The van der Waals surface area contributed by atoms with Crippen LogP contribution in [0.5, 0.6) is 0 Å². The molecule has 2 aliphatic heterocycles. The molecule has 1 fully saturated rings. The number of hydrogen-bond donors (Lipinski definition) is 2. The number of amidine groups is 1. The number of carbonyl (C=O) groups is 2. The Hall–Kier alpha value is -3.12. The molecule has 0 amide bonds. The number of aliphatic imine (C=N–C) groups is 1. The summed E-state index contributed by atoms with van der Waals surface area (Å²) in [5.74, 6) is -1.67. The highest BCUT2D eigenvalue weighted by atomic mass is 35.5. The molecule has 1 aromatic carbocycles. The van der Waals surface area contributed by atoms with E-state index in [9.17, 15) is 14.0 Å². The van der Waals surface area contributed by atoms with Crippen LogP contribution in [0.2, 0.25) is 5.02 Å². The van der Waals surface area contributed by atoms with Crippen molar-refractivity contribution in [1.29, 1.82) is 0 Å². The predicted octanol–water partition coefficient (Wildman–Crippen LogP) is 3.19. The maximum absolute atomic E-state index is 13.8. The van der Waals surface area contributed by atoms with Gasteiger partial charge in [0.25, 0.3) is 0 Å². The number of thiazole rings is 1.